The lowest BCUT2D eigenvalue weighted by Gasteiger charge is -2.35. The summed E-state index contributed by atoms with van der Waals surface area (Å²) in [6.45, 7) is 7.72. The van der Waals surface area contributed by atoms with Gasteiger partial charge in [-0.25, -0.2) is 0 Å². The smallest absolute Gasteiger partial charge is 0.233 e. The molecule has 33 heavy (non-hydrogen) atoms. The van der Waals surface area contributed by atoms with Crippen molar-refractivity contribution in [3.05, 3.63) is 53.6 Å². The third kappa shape index (κ3) is 5.51. The number of hydrogen-bond donors (Lipinski definition) is 0. The number of halogens is 1. The molecule has 0 radical (unpaired) electrons. The van der Waals surface area contributed by atoms with Crippen LogP contribution in [-0.2, 0) is 9.53 Å². The molecule has 1 amide bonds. The predicted octanol–water partition coefficient (Wildman–Crippen LogP) is 4.71. The zero-order valence-electron chi connectivity index (χ0n) is 18.9. The third-order valence-corrected chi connectivity index (χ3v) is 6.49. The van der Waals surface area contributed by atoms with Crippen molar-refractivity contribution >= 4 is 29.3 Å². The molecule has 0 aliphatic carbocycles. The van der Waals surface area contributed by atoms with Crippen molar-refractivity contribution in [2.45, 2.75) is 38.1 Å². The molecule has 2 heterocycles. The Labute approximate surface area is 203 Å². The molecular weight excluding hydrogens is 460 g/mol. The quantitative estimate of drug-likeness (QED) is 0.450. The van der Waals surface area contributed by atoms with Crippen LogP contribution in [-0.4, -0.2) is 63.2 Å². The molecule has 1 aromatic heterocycles. The molecule has 7 nitrogen and oxygen atoms in total. The number of benzene rings is 2. The van der Waals surface area contributed by atoms with Crippen molar-refractivity contribution in [1.29, 1.82) is 0 Å². The van der Waals surface area contributed by atoms with Crippen LogP contribution in [0.25, 0.3) is 17.1 Å². The van der Waals surface area contributed by atoms with Crippen molar-refractivity contribution in [3.63, 3.8) is 0 Å². The standard InChI is InChI=1S/C24H27ClN4O3S/c1-4-31-19-11-9-18(10-12-19)29-23(20-7-5-6-8-21(20)25)26-27-24(29)33-15-22(30)28-13-16(2)32-17(3)14-28/h5-12,16-17H,4,13-15H2,1-3H3/t16-,17-/m0/s1. The van der Waals surface area contributed by atoms with E-state index < -0.39 is 0 Å². The van der Waals surface area contributed by atoms with Crippen LogP contribution in [0.15, 0.2) is 53.7 Å². The maximum atomic E-state index is 12.9. The second kappa shape index (κ2) is 10.6. The van der Waals surface area contributed by atoms with Crippen LogP contribution in [0.4, 0.5) is 0 Å². The van der Waals surface area contributed by atoms with Gasteiger partial charge in [0.15, 0.2) is 11.0 Å². The average molecular weight is 487 g/mol. The lowest BCUT2D eigenvalue weighted by Crippen LogP contribution is -2.48. The highest BCUT2D eigenvalue weighted by molar-refractivity contribution is 7.99. The lowest BCUT2D eigenvalue weighted by atomic mass is 10.2. The molecule has 1 saturated heterocycles. The molecule has 174 valence electrons. The van der Waals surface area contributed by atoms with Gasteiger partial charge < -0.3 is 14.4 Å². The maximum absolute atomic E-state index is 12.9. The van der Waals surface area contributed by atoms with E-state index in [9.17, 15) is 4.79 Å². The lowest BCUT2D eigenvalue weighted by molar-refractivity contribution is -0.140. The number of ether oxygens (including phenoxy) is 2. The van der Waals surface area contributed by atoms with Gasteiger partial charge in [-0.15, -0.1) is 10.2 Å². The van der Waals surface area contributed by atoms with Gasteiger partial charge in [0.1, 0.15) is 5.75 Å². The van der Waals surface area contributed by atoms with Gasteiger partial charge in [-0.2, -0.15) is 0 Å². The van der Waals surface area contributed by atoms with Crippen molar-refractivity contribution in [2.24, 2.45) is 0 Å². The summed E-state index contributed by atoms with van der Waals surface area (Å²) in [6.07, 6.45) is 0.0593. The second-order valence-electron chi connectivity index (χ2n) is 7.89. The van der Waals surface area contributed by atoms with Gasteiger partial charge in [-0.3, -0.25) is 9.36 Å². The van der Waals surface area contributed by atoms with Crippen LogP contribution >= 0.6 is 23.4 Å². The van der Waals surface area contributed by atoms with Gasteiger partial charge in [-0.1, -0.05) is 35.5 Å². The minimum atomic E-state index is 0.0297. The maximum Gasteiger partial charge on any atom is 0.233 e. The Kier molecular flexibility index (Phi) is 7.57. The molecule has 1 fully saturated rings. The minimum absolute atomic E-state index is 0.0297. The number of nitrogens with zero attached hydrogens (tertiary/aromatic N) is 4. The van der Waals surface area contributed by atoms with Gasteiger partial charge in [0.05, 0.1) is 29.6 Å². The van der Waals surface area contributed by atoms with Gasteiger partial charge >= 0.3 is 0 Å². The molecule has 0 unspecified atom stereocenters. The molecule has 2 aromatic carbocycles. The molecular formula is C24H27ClN4O3S. The fraction of sp³-hybridized carbons (Fsp3) is 0.375. The van der Waals surface area contributed by atoms with Crippen LogP contribution in [0.5, 0.6) is 5.75 Å². The molecule has 0 N–H and O–H groups in total. The first-order valence-corrected chi connectivity index (χ1v) is 12.3. The molecule has 0 bridgehead atoms. The average Bonchev–Trinajstić information content (AvgIpc) is 3.21. The summed E-state index contributed by atoms with van der Waals surface area (Å²) in [5.41, 5.74) is 1.64. The highest BCUT2D eigenvalue weighted by Crippen LogP contribution is 2.32. The molecule has 3 aromatic rings. The van der Waals surface area contributed by atoms with Gasteiger partial charge in [-0.05, 0) is 57.2 Å². The first-order chi connectivity index (χ1) is 16.0. The molecule has 9 heteroatoms. The largest absolute Gasteiger partial charge is 0.494 e. The summed E-state index contributed by atoms with van der Waals surface area (Å²) >= 11 is 7.83. The van der Waals surface area contributed by atoms with E-state index in [1.54, 1.807) is 0 Å². The fourth-order valence-electron chi connectivity index (χ4n) is 3.87. The monoisotopic (exact) mass is 486 g/mol. The summed E-state index contributed by atoms with van der Waals surface area (Å²) < 4.78 is 13.3. The Morgan fingerprint density at radius 1 is 1.12 bits per heavy atom. The molecule has 1 aliphatic rings. The van der Waals surface area contributed by atoms with Crippen LogP contribution in [0.1, 0.15) is 20.8 Å². The minimum Gasteiger partial charge on any atom is -0.494 e. The third-order valence-electron chi connectivity index (χ3n) is 5.25. The summed E-state index contributed by atoms with van der Waals surface area (Å²) in [4.78, 5) is 14.8. The van der Waals surface area contributed by atoms with Crippen LogP contribution in [0.3, 0.4) is 0 Å². The topological polar surface area (TPSA) is 69.5 Å². The van der Waals surface area contributed by atoms with E-state index in [2.05, 4.69) is 10.2 Å². The summed E-state index contributed by atoms with van der Waals surface area (Å²) in [7, 11) is 0. The van der Waals surface area contributed by atoms with Crippen molar-refractivity contribution in [3.8, 4) is 22.8 Å². The van der Waals surface area contributed by atoms with Gasteiger partial charge in [0.2, 0.25) is 5.91 Å². The van der Waals surface area contributed by atoms with Crippen LogP contribution in [0, 0.1) is 0 Å². The number of rotatable bonds is 7. The number of aromatic nitrogens is 3. The number of carbonyl (C=O) groups excluding carboxylic acids is 1. The Hall–Kier alpha value is -2.55. The highest BCUT2D eigenvalue weighted by Gasteiger charge is 2.26. The number of hydrogen-bond acceptors (Lipinski definition) is 6. The summed E-state index contributed by atoms with van der Waals surface area (Å²) in [5, 5.41) is 10.0. The number of amides is 1. The van der Waals surface area contributed by atoms with E-state index in [-0.39, 0.29) is 23.9 Å². The predicted molar refractivity (Wildman–Crippen MR) is 130 cm³/mol. The van der Waals surface area contributed by atoms with E-state index in [1.807, 2.05) is 78.8 Å². The number of thioether (sulfide) groups is 1. The normalized spacial score (nSPS) is 18.4. The molecule has 2 atom stereocenters. The van der Waals surface area contributed by atoms with Crippen molar-refractivity contribution in [1.82, 2.24) is 19.7 Å². The van der Waals surface area contributed by atoms with E-state index in [1.165, 1.54) is 11.8 Å². The molecule has 0 spiro atoms. The Balaban J connectivity index is 1.62. The SMILES string of the molecule is CCOc1ccc(-n2c(SCC(=O)N3C[C@H](C)O[C@@H](C)C3)nnc2-c2ccccc2Cl)cc1. The highest BCUT2D eigenvalue weighted by atomic mass is 35.5. The van der Waals surface area contributed by atoms with Gasteiger partial charge in [0.25, 0.3) is 0 Å². The second-order valence-corrected chi connectivity index (χ2v) is 9.24. The molecule has 1 aliphatic heterocycles. The fourth-order valence-corrected chi connectivity index (χ4v) is 4.95. The first kappa shape index (κ1) is 23.6. The van der Waals surface area contributed by atoms with E-state index in [0.29, 0.717) is 35.7 Å². The Bertz CT molecular complexity index is 1100. The van der Waals surface area contributed by atoms with E-state index in [4.69, 9.17) is 21.1 Å². The first-order valence-electron chi connectivity index (χ1n) is 11.0. The van der Waals surface area contributed by atoms with Crippen LogP contribution in [0.2, 0.25) is 5.02 Å². The summed E-state index contributed by atoms with van der Waals surface area (Å²) in [5.74, 6) is 1.72. The Morgan fingerprint density at radius 2 is 1.82 bits per heavy atom. The van der Waals surface area contributed by atoms with Crippen LogP contribution < -0.4 is 4.74 Å². The van der Waals surface area contributed by atoms with E-state index in [0.717, 1.165) is 17.0 Å². The zero-order valence-corrected chi connectivity index (χ0v) is 20.5. The number of morpholine rings is 1. The van der Waals surface area contributed by atoms with Crippen molar-refractivity contribution in [2.75, 3.05) is 25.4 Å². The zero-order chi connectivity index (χ0) is 23.4. The van der Waals surface area contributed by atoms with Crippen molar-refractivity contribution < 1.29 is 14.3 Å². The number of carbonyl (C=O) groups is 1. The summed E-state index contributed by atoms with van der Waals surface area (Å²) in [6, 6.07) is 15.2. The van der Waals surface area contributed by atoms with Gasteiger partial charge in [0, 0.05) is 24.3 Å². The Morgan fingerprint density at radius 3 is 2.48 bits per heavy atom. The molecule has 0 saturated carbocycles. The van der Waals surface area contributed by atoms with E-state index >= 15 is 0 Å². The molecule has 4 rings (SSSR count).